The lowest BCUT2D eigenvalue weighted by Gasteiger charge is -2.35. The normalized spacial score (nSPS) is 20.0. The standard InChI is InChI=1S/C15H20BrF2NO2/c16-12-4-5-14(21-15(17)18)11(9-12)10-19-7-2-1-3-13(19)6-8-20/h4-5,9,13,15,20H,1-3,6-8,10H2. The van der Waals surface area contributed by atoms with Crippen LogP contribution in [-0.4, -0.2) is 35.8 Å². The first-order valence-corrected chi connectivity index (χ1v) is 7.97. The summed E-state index contributed by atoms with van der Waals surface area (Å²) in [5.41, 5.74) is 0.745. The Morgan fingerprint density at radius 1 is 1.38 bits per heavy atom. The van der Waals surface area contributed by atoms with Crippen molar-refractivity contribution in [2.45, 2.75) is 44.9 Å². The molecular weight excluding hydrogens is 344 g/mol. The Bertz CT molecular complexity index is 457. The molecule has 1 heterocycles. The van der Waals surface area contributed by atoms with E-state index in [0.717, 1.165) is 42.3 Å². The Kier molecular flexibility index (Phi) is 6.39. The van der Waals surface area contributed by atoms with Crippen molar-refractivity contribution in [3.63, 3.8) is 0 Å². The van der Waals surface area contributed by atoms with Gasteiger partial charge in [0.1, 0.15) is 5.75 Å². The molecule has 1 aromatic rings. The van der Waals surface area contributed by atoms with Crippen LogP contribution < -0.4 is 4.74 Å². The molecule has 21 heavy (non-hydrogen) atoms. The van der Waals surface area contributed by atoms with Crippen molar-refractivity contribution in [2.24, 2.45) is 0 Å². The molecule has 1 aromatic carbocycles. The van der Waals surface area contributed by atoms with E-state index in [1.165, 1.54) is 0 Å². The van der Waals surface area contributed by atoms with Gasteiger partial charge in [0.05, 0.1) is 0 Å². The van der Waals surface area contributed by atoms with Crippen LogP contribution in [0, 0.1) is 0 Å². The molecule has 2 rings (SSSR count). The number of rotatable bonds is 6. The number of ether oxygens (including phenoxy) is 1. The number of likely N-dealkylation sites (tertiary alicyclic amines) is 1. The maximum atomic E-state index is 12.5. The fraction of sp³-hybridized carbons (Fsp3) is 0.600. The Morgan fingerprint density at radius 3 is 2.90 bits per heavy atom. The molecule has 1 aliphatic rings. The molecule has 3 nitrogen and oxygen atoms in total. The Morgan fingerprint density at radius 2 is 2.19 bits per heavy atom. The van der Waals surface area contributed by atoms with Gasteiger partial charge in [-0.25, -0.2) is 0 Å². The van der Waals surface area contributed by atoms with Crippen LogP contribution in [0.3, 0.4) is 0 Å². The summed E-state index contributed by atoms with van der Waals surface area (Å²) < 4.78 is 30.4. The van der Waals surface area contributed by atoms with Crippen molar-refractivity contribution >= 4 is 15.9 Å². The highest BCUT2D eigenvalue weighted by molar-refractivity contribution is 9.10. The average molecular weight is 364 g/mol. The number of aliphatic hydroxyl groups is 1. The molecule has 0 amide bonds. The zero-order chi connectivity index (χ0) is 15.2. The number of halogens is 3. The highest BCUT2D eigenvalue weighted by Crippen LogP contribution is 2.29. The van der Waals surface area contributed by atoms with Gasteiger partial charge in [0.2, 0.25) is 0 Å². The zero-order valence-corrected chi connectivity index (χ0v) is 13.4. The molecule has 0 spiro atoms. The van der Waals surface area contributed by atoms with Gasteiger partial charge < -0.3 is 9.84 Å². The van der Waals surface area contributed by atoms with Gasteiger partial charge in [-0.1, -0.05) is 22.4 Å². The maximum Gasteiger partial charge on any atom is 0.387 e. The Hall–Kier alpha value is -0.720. The molecular formula is C15H20BrF2NO2. The summed E-state index contributed by atoms with van der Waals surface area (Å²) in [5, 5.41) is 9.16. The van der Waals surface area contributed by atoms with E-state index >= 15 is 0 Å². The first-order chi connectivity index (χ1) is 10.1. The molecule has 1 fully saturated rings. The summed E-state index contributed by atoms with van der Waals surface area (Å²) in [5.74, 6) is 0.224. The molecule has 1 saturated heterocycles. The third-order valence-electron chi connectivity index (χ3n) is 3.82. The van der Waals surface area contributed by atoms with Crippen molar-refractivity contribution in [1.29, 1.82) is 0 Å². The summed E-state index contributed by atoms with van der Waals surface area (Å²) in [6.07, 6.45) is 4.01. The first-order valence-electron chi connectivity index (χ1n) is 7.18. The van der Waals surface area contributed by atoms with Crippen molar-refractivity contribution < 1.29 is 18.6 Å². The Labute approximate surface area is 132 Å². The molecule has 118 valence electrons. The quantitative estimate of drug-likeness (QED) is 0.834. The lowest BCUT2D eigenvalue weighted by atomic mass is 9.98. The third-order valence-corrected chi connectivity index (χ3v) is 4.32. The monoisotopic (exact) mass is 363 g/mol. The number of aliphatic hydroxyl groups excluding tert-OH is 1. The van der Waals surface area contributed by atoms with Crippen LogP contribution in [0.25, 0.3) is 0 Å². The predicted molar refractivity (Wildman–Crippen MR) is 80.5 cm³/mol. The van der Waals surface area contributed by atoms with Gasteiger partial charge in [-0.05, 0) is 44.0 Å². The molecule has 6 heteroatoms. The number of hydrogen-bond donors (Lipinski definition) is 1. The van der Waals surface area contributed by atoms with Crippen molar-refractivity contribution in [3.05, 3.63) is 28.2 Å². The minimum absolute atomic E-state index is 0.153. The predicted octanol–water partition coefficient (Wildman–Crippen LogP) is 3.79. The van der Waals surface area contributed by atoms with Crippen LogP contribution in [0.4, 0.5) is 8.78 Å². The molecule has 1 N–H and O–H groups in total. The Balaban J connectivity index is 2.14. The van der Waals surface area contributed by atoms with Crippen molar-refractivity contribution in [1.82, 2.24) is 4.90 Å². The van der Waals surface area contributed by atoms with E-state index in [-0.39, 0.29) is 12.4 Å². The van der Waals surface area contributed by atoms with Crippen LogP contribution >= 0.6 is 15.9 Å². The number of piperidine rings is 1. The van der Waals surface area contributed by atoms with E-state index in [9.17, 15) is 8.78 Å². The van der Waals surface area contributed by atoms with E-state index in [2.05, 4.69) is 25.6 Å². The van der Waals surface area contributed by atoms with E-state index in [0.29, 0.717) is 12.6 Å². The number of benzene rings is 1. The molecule has 0 radical (unpaired) electrons. The zero-order valence-electron chi connectivity index (χ0n) is 11.8. The first kappa shape index (κ1) is 16.6. The summed E-state index contributed by atoms with van der Waals surface area (Å²) >= 11 is 3.37. The van der Waals surface area contributed by atoms with E-state index in [1.54, 1.807) is 12.1 Å². The fourth-order valence-corrected chi connectivity index (χ4v) is 3.25. The second-order valence-electron chi connectivity index (χ2n) is 5.26. The summed E-state index contributed by atoms with van der Waals surface area (Å²) in [6.45, 7) is -1.18. The summed E-state index contributed by atoms with van der Waals surface area (Å²) in [4.78, 5) is 2.25. The van der Waals surface area contributed by atoms with Gasteiger partial charge in [-0.15, -0.1) is 0 Å². The SMILES string of the molecule is OCCC1CCCCN1Cc1cc(Br)ccc1OC(F)F. The number of alkyl halides is 2. The van der Waals surface area contributed by atoms with Gasteiger partial charge in [-0.3, -0.25) is 4.90 Å². The van der Waals surface area contributed by atoms with Gasteiger partial charge in [0.25, 0.3) is 0 Å². The average Bonchev–Trinajstić information content (AvgIpc) is 2.44. The smallest absolute Gasteiger partial charge is 0.387 e. The topological polar surface area (TPSA) is 32.7 Å². The van der Waals surface area contributed by atoms with Crippen molar-refractivity contribution in [2.75, 3.05) is 13.2 Å². The molecule has 0 bridgehead atoms. The van der Waals surface area contributed by atoms with Gasteiger partial charge >= 0.3 is 6.61 Å². The molecule has 1 aliphatic heterocycles. The minimum Gasteiger partial charge on any atom is -0.434 e. The highest BCUT2D eigenvalue weighted by atomic mass is 79.9. The van der Waals surface area contributed by atoms with Crippen molar-refractivity contribution in [3.8, 4) is 5.75 Å². The van der Waals surface area contributed by atoms with Gasteiger partial charge in [0, 0.05) is 29.2 Å². The second kappa shape index (κ2) is 8.06. The van der Waals surface area contributed by atoms with E-state index in [1.807, 2.05) is 6.07 Å². The lowest BCUT2D eigenvalue weighted by molar-refractivity contribution is -0.0509. The molecule has 0 aliphatic carbocycles. The summed E-state index contributed by atoms with van der Waals surface area (Å²) in [7, 11) is 0. The minimum atomic E-state index is -2.82. The highest BCUT2D eigenvalue weighted by Gasteiger charge is 2.23. The number of nitrogens with zero attached hydrogens (tertiary/aromatic N) is 1. The molecule has 1 atom stereocenters. The van der Waals surface area contributed by atoms with Crippen LogP contribution in [0.15, 0.2) is 22.7 Å². The third kappa shape index (κ3) is 4.90. The number of hydrogen-bond acceptors (Lipinski definition) is 3. The largest absolute Gasteiger partial charge is 0.434 e. The van der Waals surface area contributed by atoms with Crippen LogP contribution in [-0.2, 0) is 6.54 Å². The van der Waals surface area contributed by atoms with Crippen LogP contribution in [0.2, 0.25) is 0 Å². The van der Waals surface area contributed by atoms with Crippen LogP contribution in [0.5, 0.6) is 5.75 Å². The molecule has 0 saturated carbocycles. The van der Waals surface area contributed by atoms with Gasteiger partial charge in [0.15, 0.2) is 0 Å². The summed E-state index contributed by atoms with van der Waals surface area (Å²) in [6, 6.07) is 5.39. The van der Waals surface area contributed by atoms with Gasteiger partial charge in [-0.2, -0.15) is 8.78 Å². The van der Waals surface area contributed by atoms with Crippen LogP contribution in [0.1, 0.15) is 31.2 Å². The molecule has 1 unspecified atom stereocenters. The van der Waals surface area contributed by atoms with E-state index < -0.39 is 6.61 Å². The second-order valence-corrected chi connectivity index (χ2v) is 6.18. The lowest BCUT2D eigenvalue weighted by Crippen LogP contribution is -2.39. The molecule has 0 aromatic heterocycles. The maximum absolute atomic E-state index is 12.5. The fourth-order valence-electron chi connectivity index (χ4n) is 2.85. The van der Waals surface area contributed by atoms with E-state index in [4.69, 9.17) is 5.11 Å².